The van der Waals surface area contributed by atoms with Gasteiger partial charge < -0.3 is 19.8 Å². The van der Waals surface area contributed by atoms with E-state index in [4.69, 9.17) is 9.47 Å². The van der Waals surface area contributed by atoms with Crippen molar-refractivity contribution in [1.82, 2.24) is 4.98 Å². The van der Waals surface area contributed by atoms with Gasteiger partial charge in [0.15, 0.2) is 11.5 Å². The normalized spacial score (nSPS) is 10.7. The molecule has 3 aromatic rings. The molecule has 0 aliphatic rings. The van der Waals surface area contributed by atoms with E-state index in [0.717, 1.165) is 5.56 Å². The Bertz CT molecular complexity index is 918. The molecule has 6 heteroatoms. The summed E-state index contributed by atoms with van der Waals surface area (Å²) < 4.78 is 24.2. The molecule has 2 aromatic carbocycles. The van der Waals surface area contributed by atoms with Crippen molar-refractivity contribution in [2.75, 3.05) is 19.5 Å². The van der Waals surface area contributed by atoms with Crippen LogP contribution in [0.2, 0.25) is 0 Å². The van der Waals surface area contributed by atoms with Crippen LogP contribution in [-0.2, 0) is 0 Å². The van der Waals surface area contributed by atoms with Crippen molar-refractivity contribution in [3.8, 4) is 11.5 Å². The predicted molar refractivity (Wildman–Crippen MR) is 90.5 cm³/mol. The SMILES string of the molecule is COc1cc(C)c(NC(=O)c2cc3c(F)cccc3[nH]2)cc1OC. The van der Waals surface area contributed by atoms with Gasteiger partial charge in [0.1, 0.15) is 11.5 Å². The minimum atomic E-state index is -0.370. The maximum Gasteiger partial charge on any atom is 0.272 e. The molecule has 0 saturated carbocycles. The van der Waals surface area contributed by atoms with Crippen LogP contribution >= 0.6 is 0 Å². The van der Waals surface area contributed by atoms with Crippen molar-refractivity contribution >= 4 is 22.5 Å². The van der Waals surface area contributed by atoms with Crippen LogP contribution in [0, 0.1) is 12.7 Å². The van der Waals surface area contributed by atoms with Gasteiger partial charge in [0, 0.05) is 22.7 Å². The number of aromatic nitrogens is 1. The maximum atomic E-state index is 13.8. The van der Waals surface area contributed by atoms with Crippen molar-refractivity contribution in [3.63, 3.8) is 0 Å². The largest absolute Gasteiger partial charge is 0.493 e. The number of aryl methyl sites for hydroxylation is 1. The molecule has 2 N–H and O–H groups in total. The Morgan fingerprint density at radius 1 is 1.12 bits per heavy atom. The summed E-state index contributed by atoms with van der Waals surface area (Å²) in [6.45, 7) is 1.85. The van der Waals surface area contributed by atoms with E-state index in [-0.39, 0.29) is 17.4 Å². The van der Waals surface area contributed by atoms with Crippen LogP contribution in [0.1, 0.15) is 16.1 Å². The Morgan fingerprint density at radius 2 is 1.83 bits per heavy atom. The summed E-state index contributed by atoms with van der Waals surface area (Å²) in [4.78, 5) is 15.4. The van der Waals surface area contributed by atoms with E-state index < -0.39 is 0 Å². The Labute approximate surface area is 138 Å². The fourth-order valence-electron chi connectivity index (χ4n) is 2.55. The Morgan fingerprint density at radius 3 is 2.50 bits per heavy atom. The van der Waals surface area contributed by atoms with Gasteiger partial charge >= 0.3 is 0 Å². The first-order chi connectivity index (χ1) is 11.5. The lowest BCUT2D eigenvalue weighted by Gasteiger charge is -2.13. The molecular formula is C18H17FN2O3. The van der Waals surface area contributed by atoms with Crippen molar-refractivity contribution in [2.45, 2.75) is 6.92 Å². The molecule has 1 amide bonds. The van der Waals surface area contributed by atoms with Crippen LogP contribution in [-0.4, -0.2) is 25.1 Å². The van der Waals surface area contributed by atoms with Crippen LogP contribution < -0.4 is 14.8 Å². The highest BCUT2D eigenvalue weighted by Gasteiger charge is 2.15. The number of halogens is 1. The summed E-state index contributed by atoms with van der Waals surface area (Å²) in [7, 11) is 3.08. The second-order valence-electron chi connectivity index (χ2n) is 5.36. The highest BCUT2D eigenvalue weighted by Crippen LogP contribution is 2.33. The lowest BCUT2D eigenvalue weighted by Crippen LogP contribution is -2.13. The Hall–Kier alpha value is -3.02. The molecule has 0 fully saturated rings. The number of ether oxygens (including phenoxy) is 2. The number of H-pyrrole nitrogens is 1. The van der Waals surface area contributed by atoms with Gasteiger partial charge in [-0.25, -0.2) is 4.39 Å². The molecule has 1 heterocycles. The van der Waals surface area contributed by atoms with E-state index in [1.807, 2.05) is 6.92 Å². The number of anilines is 1. The summed E-state index contributed by atoms with van der Waals surface area (Å²) >= 11 is 0. The molecule has 0 bridgehead atoms. The predicted octanol–water partition coefficient (Wildman–Crippen LogP) is 3.88. The van der Waals surface area contributed by atoms with Gasteiger partial charge in [-0.05, 0) is 36.8 Å². The van der Waals surface area contributed by atoms with Gasteiger partial charge in [-0.1, -0.05) is 6.07 Å². The van der Waals surface area contributed by atoms with E-state index in [0.29, 0.717) is 28.1 Å². The van der Waals surface area contributed by atoms with E-state index in [9.17, 15) is 9.18 Å². The van der Waals surface area contributed by atoms with E-state index >= 15 is 0 Å². The monoisotopic (exact) mass is 328 g/mol. The summed E-state index contributed by atoms with van der Waals surface area (Å²) in [5.74, 6) is 0.368. The zero-order valence-corrected chi connectivity index (χ0v) is 13.6. The number of nitrogens with one attached hydrogen (secondary N) is 2. The number of amides is 1. The molecule has 0 aliphatic carbocycles. The highest BCUT2D eigenvalue weighted by atomic mass is 19.1. The van der Waals surface area contributed by atoms with Crippen molar-refractivity contribution in [2.24, 2.45) is 0 Å². The summed E-state index contributed by atoms with van der Waals surface area (Å²) in [5.41, 5.74) is 2.27. The average Bonchev–Trinajstić information content (AvgIpc) is 3.02. The van der Waals surface area contributed by atoms with Gasteiger partial charge in [-0.3, -0.25) is 4.79 Å². The van der Waals surface area contributed by atoms with Crippen molar-refractivity contribution in [1.29, 1.82) is 0 Å². The number of carbonyl (C=O) groups excluding carboxylic acids is 1. The highest BCUT2D eigenvalue weighted by molar-refractivity contribution is 6.06. The number of carbonyl (C=O) groups is 1. The second-order valence-corrected chi connectivity index (χ2v) is 5.36. The molecule has 3 rings (SSSR count). The third kappa shape index (κ3) is 2.78. The van der Waals surface area contributed by atoms with Gasteiger partial charge in [0.2, 0.25) is 0 Å². The number of hydrogen-bond donors (Lipinski definition) is 2. The van der Waals surface area contributed by atoms with Gasteiger partial charge in [0.05, 0.1) is 14.2 Å². The maximum absolute atomic E-state index is 13.8. The summed E-state index contributed by atoms with van der Waals surface area (Å²) in [6.07, 6.45) is 0. The minimum absolute atomic E-state index is 0.282. The Balaban J connectivity index is 1.92. The molecule has 0 atom stereocenters. The minimum Gasteiger partial charge on any atom is -0.493 e. The molecule has 24 heavy (non-hydrogen) atoms. The Kier molecular flexibility index (Phi) is 4.12. The molecule has 0 aliphatic heterocycles. The smallest absolute Gasteiger partial charge is 0.272 e. The average molecular weight is 328 g/mol. The number of fused-ring (bicyclic) bond motifs is 1. The molecule has 0 saturated heterocycles. The molecule has 1 aromatic heterocycles. The van der Waals surface area contributed by atoms with Crippen molar-refractivity contribution in [3.05, 3.63) is 53.5 Å². The third-order valence-corrected chi connectivity index (χ3v) is 3.83. The number of aromatic amines is 1. The molecule has 0 spiro atoms. The lowest BCUT2D eigenvalue weighted by atomic mass is 10.1. The standard InChI is InChI=1S/C18H17FN2O3/c1-10-7-16(23-2)17(24-3)9-14(10)21-18(22)15-8-11-12(19)5-4-6-13(11)20-15/h4-9,20H,1-3H3,(H,21,22). The van der Waals surface area contributed by atoms with Crippen LogP contribution in [0.3, 0.4) is 0 Å². The topological polar surface area (TPSA) is 63.3 Å². The van der Waals surface area contributed by atoms with E-state index in [2.05, 4.69) is 10.3 Å². The number of hydrogen-bond acceptors (Lipinski definition) is 3. The van der Waals surface area contributed by atoms with E-state index in [1.54, 1.807) is 31.4 Å². The molecule has 5 nitrogen and oxygen atoms in total. The third-order valence-electron chi connectivity index (χ3n) is 3.83. The van der Waals surface area contributed by atoms with Gasteiger partial charge in [-0.2, -0.15) is 0 Å². The first-order valence-electron chi connectivity index (χ1n) is 7.34. The fraction of sp³-hybridized carbons (Fsp3) is 0.167. The molecule has 124 valence electrons. The quantitative estimate of drug-likeness (QED) is 0.764. The lowest BCUT2D eigenvalue weighted by molar-refractivity contribution is 0.102. The molecule has 0 radical (unpaired) electrons. The van der Waals surface area contributed by atoms with Gasteiger partial charge in [-0.15, -0.1) is 0 Å². The van der Waals surface area contributed by atoms with Crippen LogP contribution in [0.25, 0.3) is 10.9 Å². The van der Waals surface area contributed by atoms with Crippen LogP contribution in [0.5, 0.6) is 11.5 Å². The van der Waals surface area contributed by atoms with Crippen LogP contribution in [0.4, 0.5) is 10.1 Å². The van der Waals surface area contributed by atoms with Crippen molar-refractivity contribution < 1.29 is 18.7 Å². The van der Waals surface area contributed by atoms with Crippen LogP contribution in [0.15, 0.2) is 36.4 Å². The fourth-order valence-corrected chi connectivity index (χ4v) is 2.55. The number of methoxy groups -OCH3 is 2. The van der Waals surface area contributed by atoms with Gasteiger partial charge in [0.25, 0.3) is 5.91 Å². The second kappa shape index (κ2) is 6.23. The first kappa shape index (κ1) is 15.9. The summed E-state index contributed by atoms with van der Waals surface area (Å²) in [6, 6.07) is 9.63. The molecular weight excluding hydrogens is 311 g/mol. The first-order valence-corrected chi connectivity index (χ1v) is 7.34. The number of rotatable bonds is 4. The van der Waals surface area contributed by atoms with E-state index in [1.165, 1.54) is 19.2 Å². The zero-order chi connectivity index (χ0) is 17.3. The number of benzene rings is 2. The zero-order valence-electron chi connectivity index (χ0n) is 13.6. The summed E-state index contributed by atoms with van der Waals surface area (Å²) in [5, 5.41) is 3.19. The molecule has 0 unspecified atom stereocenters.